The molecule has 1 unspecified atom stereocenters. The molecule has 0 aliphatic carbocycles. The van der Waals surface area contributed by atoms with Gasteiger partial charge in [-0.15, -0.1) is 0 Å². The molecule has 1 fully saturated rings. The number of nitriles is 1. The Morgan fingerprint density at radius 2 is 2.36 bits per heavy atom. The van der Waals surface area contributed by atoms with Crippen molar-refractivity contribution in [1.82, 2.24) is 10.2 Å². The third-order valence-corrected chi connectivity index (χ3v) is 2.99. The number of rotatable bonds is 5. The lowest BCUT2D eigenvalue weighted by Crippen LogP contribution is -2.41. The second-order valence-corrected chi connectivity index (χ2v) is 3.99. The number of likely N-dealkylation sites (tertiary alicyclic amines) is 1. The predicted molar refractivity (Wildman–Crippen MR) is 58.0 cm³/mol. The monoisotopic (exact) mass is 195 g/mol. The summed E-state index contributed by atoms with van der Waals surface area (Å²) in [5, 5.41) is 11.8. The summed E-state index contributed by atoms with van der Waals surface area (Å²) >= 11 is 0. The molecule has 0 bridgehead atoms. The second-order valence-electron chi connectivity index (χ2n) is 3.99. The van der Waals surface area contributed by atoms with Crippen molar-refractivity contribution in [3.05, 3.63) is 0 Å². The van der Waals surface area contributed by atoms with E-state index in [9.17, 15) is 0 Å². The lowest BCUT2D eigenvalue weighted by molar-refractivity contribution is 0.143. The average Bonchev–Trinajstić information content (AvgIpc) is 2.24. The van der Waals surface area contributed by atoms with Crippen LogP contribution in [0.3, 0.4) is 0 Å². The minimum atomic E-state index is 0.677. The van der Waals surface area contributed by atoms with Gasteiger partial charge in [0.1, 0.15) is 0 Å². The van der Waals surface area contributed by atoms with E-state index < -0.39 is 0 Å². The van der Waals surface area contributed by atoms with Crippen LogP contribution in [0.15, 0.2) is 0 Å². The predicted octanol–water partition coefficient (Wildman–Crippen LogP) is 1.36. The van der Waals surface area contributed by atoms with Gasteiger partial charge in [0.2, 0.25) is 0 Å². The molecule has 0 amide bonds. The first kappa shape index (κ1) is 11.5. The molecule has 1 rings (SSSR count). The van der Waals surface area contributed by atoms with E-state index in [1.807, 2.05) is 7.05 Å². The molecule has 3 nitrogen and oxygen atoms in total. The Balaban J connectivity index is 2.30. The van der Waals surface area contributed by atoms with Crippen molar-refractivity contribution in [3.8, 4) is 6.07 Å². The summed E-state index contributed by atoms with van der Waals surface area (Å²) in [6, 6.07) is 2.95. The van der Waals surface area contributed by atoms with Crippen molar-refractivity contribution in [3.63, 3.8) is 0 Å². The van der Waals surface area contributed by atoms with Crippen LogP contribution in [-0.4, -0.2) is 37.6 Å². The minimum absolute atomic E-state index is 0.677. The molecule has 1 aliphatic rings. The molecule has 0 aromatic heterocycles. The van der Waals surface area contributed by atoms with Crippen molar-refractivity contribution in [1.29, 1.82) is 5.26 Å². The van der Waals surface area contributed by atoms with Crippen molar-refractivity contribution in [2.45, 2.75) is 38.1 Å². The molecule has 1 saturated heterocycles. The molecular formula is C11H21N3. The Morgan fingerprint density at radius 1 is 1.50 bits per heavy atom. The minimum Gasteiger partial charge on any atom is -0.320 e. The van der Waals surface area contributed by atoms with Crippen LogP contribution >= 0.6 is 0 Å². The first-order valence-electron chi connectivity index (χ1n) is 5.64. The van der Waals surface area contributed by atoms with Crippen LogP contribution in [0.25, 0.3) is 0 Å². The van der Waals surface area contributed by atoms with Gasteiger partial charge in [0, 0.05) is 19.0 Å². The maximum atomic E-state index is 8.57. The molecule has 0 spiro atoms. The van der Waals surface area contributed by atoms with Gasteiger partial charge < -0.3 is 5.32 Å². The van der Waals surface area contributed by atoms with Gasteiger partial charge in [-0.2, -0.15) is 5.26 Å². The van der Waals surface area contributed by atoms with Gasteiger partial charge in [-0.25, -0.2) is 0 Å². The van der Waals surface area contributed by atoms with E-state index >= 15 is 0 Å². The van der Waals surface area contributed by atoms with E-state index in [1.54, 1.807) is 0 Å². The molecule has 0 aromatic carbocycles. The molecule has 1 heterocycles. The SMILES string of the molecule is CNCCC1CCCCN1CCC#N. The van der Waals surface area contributed by atoms with Crippen molar-refractivity contribution < 1.29 is 0 Å². The van der Waals surface area contributed by atoms with E-state index in [1.165, 1.54) is 32.2 Å². The van der Waals surface area contributed by atoms with Gasteiger partial charge in [-0.05, 0) is 39.4 Å². The first-order valence-corrected chi connectivity index (χ1v) is 5.64. The number of hydrogen-bond acceptors (Lipinski definition) is 3. The zero-order chi connectivity index (χ0) is 10.2. The summed E-state index contributed by atoms with van der Waals surface area (Å²) in [5.74, 6) is 0. The Bertz CT molecular complexity index is 185. The maximum absolute atomic E-state index is 8.57. The van der Waals surface area contributed by atoms with E-state index in [0.717, 1.165) is 13.1 Å². The smallest absolute Gasteiger partial charge is 0.0635 e. The zero-order valence-corrected chi connectivity index (χ0v) is 9.13. The van der Waals surface area contributed by atoms with Crippen molar-refractivity contribution in [2.75, 3.05) is 26.7 Å². The second kappa shape index (κ2) is 6.80. The van der Waals surface area contributed by atoms with Crippen molar-refractivity contribution >= 4 is 0 Å². The molecule has 1 atom stereocenters. The topological polar surface area (TPSA) is 39.1 Å². The van der Waals surface area contributed by atoms with Gasteiger partial charge in [0.15, 0.2) is 0 Å². The highest BCUT2D eigenvalue weighted by Crippen LogP contribution is 2.19. The molecule has 80 valence electrons. The molecule has 0 radical (unpaired) electrons. The summed E-state index contributed by atoms with van der Waals surface area (Å²) in [6.45, 7) is 3.24. The largest absolute Gasteiger partial charge is 0.320 e. The Hall–Kier alpha value is -0.590. The van der Waals surface area contributed by atoms with Crippen LogP contribution < -0.4 is 5.32 Å². The molecular weight excluding hydrogens is 174 g/mol. The fourth-order valence-corrected chi connectivity index (χ4v) is 2.19. The third kappa shape index (κ3) is 3.65. The lowest BCUT2D eigenvalue weighted by Gasteiger charge is -2.35. The van der Waals surface area contributed by atoms with Crippen LogP contribution in [0.1, 0.15) is 32.1 Å². The van der Waals surface area contributed by atoms with E-state index in [-0.39, 0.29) is 0 Å². The number of piperidine rings is 1. The highest BCUT2D eigenvalue weighted by Gasteiger charge is 2.20. The van der Waals surface area contributed by atoms with Crippen LogP contribution in [0.4, 0.5) is 0 Å². The van der Waals surface area contributed by atoms with Crippen LogP contribution in [0.2, 0.25) is 0 Å². The zero-order valence-electron chi connectivity index (χ0n) is 9.13. The van der Waals surface area contributed by atoms with Crippen molar-refractivity contribution in [2.24, 2.45) is 0 Å². The summed E-state index contributed by atoms with van der Waals surface area (Å²) in [4.78, 5) is 2.49. The summed E-state index contributed by atoms with van der Waals surface area (Å²) in [7, 11) is 2.00. The van der Waals surface area contributed by atoms with Gasteiger partial charge in [0.05, 0.1) is 6.07 Å². The third-order valence-electron chi connectivity index (χ3n) is 2.99. The van der Waals surface area contributed by atoms with Crippen LogP contribution in [-0.2, 0) is 0 Å². The normalized spacial score (nSPS) is 23.3. The Labute approximate surface area is 87.1 Å². The number of nitrogens with one attached hydrogen (secondary N) is 1. The molecule has 0 saturated carbocycles. The molecule has 14 heavy (non-hydrogen) atoms. The fourth-order valence-electron chi connectivity index (χ4n) is 2.19. The fraction of sp³-hybridized carbons (Fsp3) is 0.909. The quantitative estimate of drug-likeness (QED) is 0.720. The van der Waals surface area contributed by atoms with Gasteiger partial charge in [-0.1, -0.05) is 6.42 Å². The lowest BCUT2D eigenvalue weighted by atomic mass is 9.99. The van der Waals surface area contributed by atoms with Crippen LogP contribution in [0, 0.1) is 11.3 Å². The van der Waals surface area contributed by atoms with Gasteiger partial charge in [-0.3, -0.25) is 4.90 Å². The van der Waals surface area contributed by atoms with Gasteiger partial charge >= 0.3 is 0 Å². The number of nitrogens with zero attached hydrogens (tertiary/aromatic N) is 2. The Morgan fingerprint density at radius 3 is 3.07 bits per heavy atom. The summed E-state index contributed by atoms with van der Waals surface area (Å²) in [6.07, 6.45) is 5.88. The standard InChI is InChI=1S/C11H21N3/c1-13-8-6-11-5-2-3-9-14(11)10-4-7-12/h11,13H,2-6,8-10H2,1H3. The van der Waals surface area contributed by atoms with Gasteiger partial charge in [0.25, 0.3) is 0 Å². The van der Waals surface area contributed by atoms with E-state index in [2.05, 4.69) is 16.3 Å². The van der Waals surface area contributed by atoms with E-state index in [4.69, 9.17) is 5.26 Å². The summed E-state index contributed by atoms with van der Waals surface area (Å²) in [5.41, 5.74) is 0. The van der Waals surface area contributed by atoms with E-state index in [0.29, 0.717) is 12.5 Å². The summed E-state index contributed by atoms with van der Waals surface area (Å²) < 4.78 is 0. The highest BCUT2D eigenvalue weighted by atomic mass is 15.2. The van der Waals surface area contributed by atoms with Crippen LogP contribution in [0.5, 0.6) is 0 Å². The number of hydrogen-bond donors (Lipinski definition) is 1. The molecule has 0 aromatic rings. The highest BCUT2D eigenvalue weighted by molar-refractivity contribution is 4.80. The maximum Gasteiger partial charge on any atom is 0.0635 e. The average molecular weight is 195 g/mol. The molecule has 1 aliphatic heterocycles. The molecule has 3 heteroatoms. The molecule has 1 N–H and O–H groups in total. The Kier molecular flexibility index (Phi) is 5.58. The first-order chi connectivity index (χ1) is 6.88.